The molecule has 0 spiro atoms. The molecule has 224 valence electrons. The van der Waals surface area contributed by atoms with Gasteiger partial charge in [-0.05, 0) is 36.9 Å². The van der Waals surface area contributed by atoms with Crippen molar-refractivity contribution < 1.29 is 33.8 Å². The quantitative estimate of drug-likeness (QED) is 0.357. The Bertz CT molecular complexity index is 1250. The average molecular weight is 579 g/mol. The van der Waals surface area contributed by atoms with E-state index in [4.69, 9.17) is 4.74 Å². The Morgan fingerprint density at radius 3 is 2.12 bits per heavy atom. The molecule has 11 heteroatoms. The monoisotopic (exact) mass is 578 g/mol. The number of amides is 4. The number of carbonyl (C=O) groups is 5. The number of ether oxygens (including phenoxy) is 1. The maximum absolute atomic E-state index is 13.5. The Labute approximate surface area is 245 Å². The Hall–Kier alpha value is -4.09. The van der Waals surface area contributed by atoms with Crippen LogP contribution in [-0.2, 0) is 36.8 Å². The molecule has 11 nitrogen and oxygen atoms in total. The summed E-state index contributed by atoms with van der Waals surface area (Å²) in [5.41, 5.74) is 1.67. The first-order chi connectivity index (χ1) is 20.3. The molecule has 2 aromatic rings. The van der Waals surface area contributed by atoms with E-state index in [0.717, 1.165) is 11.1 Å². The number of imide groups is 1. The molecule has 4 amide bonds. The lowest BCUT2D eigenvalue weighted by Crippen LogP contribution is -2.58. The number of Topliss-reactive ketones (excluding diaryl/α,β-unsaturated/α-hetero) is 1. The van der Waals surface area contributed by atoms with Crippen LogP contribution in [0.3, 0.4) is 0 Å². The van der Waals surface area contributed by atoms with E-state index in [9.17, 15) is 29.1 Å². The maximum Gasteiger partial charge on any atom is 0.336 e. The number of rotatable bonds is 10. The number of ketones is 1. The van der Waals surface area contributed by atoms with Gasteiger partial charge in [-0.3, -0.25) is 24.6 Å². The molecule has 2 fully saturated rings. The highest BCUT2D eigenvalue weighted by atomic mass is 16.5. The Balaban J connectivity index is 1.49. The van der Waals surface area contributed by atoms with Crippen LogP contribution in [0.4, 0.5) is 4.79 Å². The van der Waals surface area contributed by atoms with E-state index in [1.165, 1.54) is 12.0 Å². The summed E-state index contributed by atoms with van der Waals surface area (Å²) in [5, 5.41) is 16.1. The van der Waals surface area contributed by atoms with Crippen molar-refractivity contribution in [2.24, 2.45) is 0 Å². The number of esters is 1. The lowest BCUT2D eigenvalue weighted by atomic mass is 9.98. The lowest BCUT2D eigenvalue weighted by Gasteiger charge is -2.34. The largest absolute Gasteiger partial charge is 0.467 e. The van der Waals surface area contributed by atoms with Crippen molar-refractivity contribution in [2.45, 2.75) is 62.8 Å². The van der Waals surface area contributed by atoms with Gasteiger partial charge in [0.15, 0.2) is 6.10 Å². The van der Waals surface area contributed by atoms with Gasteiger partial charge in [0.05, 0.1) is 19.2 Å². The number of methoxy groups -OCH3 is 1. The zero-order chi connectivity index (χ0) is 30.1. The number of likely N-dealkylation sites (tertiary alicyclic amines) is 2. The molecule has 2 heterocycles. The highest BCUT2D eigenvalue weighted by molar-refractivity contribution is 6.01. The molecule has 42 heavy (non-hydrogen) atoms. The first kappa shape index (κ1) is 30.9. The van der Waals surface area contributed by atoms with E-state index in [2.05, 4.69) is 10.6 Å². The minimum absolute atomic E-state index is 0.0900. The average Bonchev–Trinajstić information content (AvgIpc) is 3.50. The van der Waals surface area contributed by atoms with Crippen LogP contribution in [0.1, 0.15) is 36.8 Å². The molecule has 4 rings (SSSR count). The smallest absolute Gasteiger partial charge is 0.336 e. The fourth-order valence-electron chi connectivity index (χ4n) is 5.56. The van der Waals surface area contributed by atoms with Gasteiger partial charge in [-0.15, -0.1) is 0 Å². The molecular formula is C31H38N4O7. The van der Waals surface area contributed by atoms with Gasteiger partial charge >= 0.3 is 12.0 Å². The number of urea groups is 1. The summed E-state index contributed by atoms with van der Waals surface area (Å²) in [6.45, 7) is 0.979. The molecular weight excluding hydrogens is 540 g/mol. The number of hydrogen-bond acceptors (Lipinski definition) is 8. The predicted octanol–water partition coefficient (Wildman–Crippen LogP) is 1.22. The minimum Gasteiger partial charge on any atom is -0.467 e. The molecule has 0 aromatic heterocycles. The second kappa shape index (κ2) is 14.7. The van der Waals surface area contributed by atoms with Gasteiger partial charge in [-0.1, -0.05) is 60.7 Å². The Morgan fingerprint density at radius 2 is 1.52 bits per heavy atom. The van der Waals surface area contributed by atoms with Crippen LogP contribution in [0, 0.1) is 0 Å². The number of nitrogens with one attached hydrogen (secondary N) is 2. The van der Waals surface area contributed by atoms with Gasteiger partial charge in [-0.2, -0.15) is 0 Å². The molecule has 0 radical (unpaired) electrons. The summed E-state index contributed by atoms with van der Waals surface area (Å²) >= 11 is 0. The summed E-state index contributed by atoms with van der Waals surface area (Å²) in [5.74, 6) is -1.94. The molecule has 2 aromatic carbocycles. The van der Waals surface area contributed by atoms with Crippen molar-refractivity contribution >= 4 is 29.6 Å². The standard InChI is InChI=1S/C31H38N4O7/c1-42-30(40)27(37)26(20-22-11-6-3-7-12-22)35-16-8-13-25(35)29(39)33-28(38)24(19-21-9-4-2-5-10-21)32-31(41)34-17-14-23(36)15-18-34/h2-7,9-12,24-27,37H,8,13-20H2,1H3,(H,32,41)(H,33,38,39)/t24-,25-,26-,27+/m0/s1. The third-order valence-corrected chi connectivity index (χ3v) is 7.87. The van der Waals surface area contributed by atoms with E-state index in [1.807, 2.05) is 60.7 Å². The van der Waals surface area contributed by atoms with Crippen molar-refractivity contribution in [1.82, 2.24) is 20.4 Å². The second-order valence-electron chi connectivity index (χ2n) is 10.7. The summed E-state index contributed by atoms with van der Waals surface area (Å²) in [6, 6.07) is 15.4. The SMILES string of the molecule is COC(=O)[C@H](O)[C@H](Cc1ccccc1)N1CCC[C@H]1C(=O)NC(=O)[C@H](Cc1ccccc1)NC(=O)N1CCC(=O)CC1. The van der Waals surface area contributed by atoms with Gasteiger partial charge in [0.1, 0.15) is 11.8 Å². The molecule has 0 aliphatic carbocycles. The molecule has 0 bridgehead atoms. The lowest BCUT2D eigenvalue weighted by molar-refractivity contribution is -0.155. The normalized spacial score (nSPS) is 19.4. The van der Waals surface area contributed by atoms with Crippen molar-refractivity contribution in [3.8, 4) is 0 Å². The van der Waals surface area contributed by atoms with Gasteiger partial charge < -0.3 is 20.1 Å². The van der Waals surface area contributed by atoms with Crippen LogP contribution < -0.4 is 10.6 Å². The van der Waals surface area contributed by atoms with Crippen molar-refractivity contribution in [1.29, 1.82) is 0 Å². The highest BCUT2D eigenvalue weighted by Crippen LogP contribution is 2.25. The van der Waals surface area contributed by atoms with Crippen molar-refractivity contribution in [3.63, 3.8) is 0 Å². The van der Waals surface area contributed by atoms with Crippen LogP contribution in [0.5, 0.6) is 0 Å². The summed E-state index contributed by atoms with van der Waals surface area (Å²) < 4.78 is 4.80. The van der Waals surface area contributed by atoms with Crippen LogP contribution in [0.15, 0.2) is 60.7 Å². The molecule has 2 aliphatic rings. The number of carbonyl (C=O) groups excluding carboxylic acids is 5. The van der Waals surface area contributed by atoms with Gasteiger partial charge in [0.25, 0.3) is 0 Å². The maximum atomic E-state index is 13.5. The highest BCUT2D eigenvalue weighted by Gasteiger charge is 2.42. The topological polar surface area (TPSA) is 145 Å². The van der Waals surface area contributed by atoms with Crippen LogP contribution >= 0.6 is 0 Å². The fraction of sp³-hybridized carbons (Fsp3) is 0.452. The number of aliphatic hydroxyl groups is 1. The molecule has 2 aliphatic heterocycles. The molecule has 0 saturated carbocycles. The third-order valence-electron chi connectivity index (χ3n) is 7.87. The number of nitrogens with zero attached hydrogens (tertiary/aromatic N) is 2. The van der Waals surface area contributed by atoms with Gasteiger partial charge in [0, 0.05) is 32.4 Å². The zero-order valence-electron chi connectivity index (χ0n) is 23.7. The first-order valence-corrected chi connectivity index (χ1v) is 14.3. The summed E-state index contributed by atoms with van der Waals surface area (Å²) in [4.78, 5) is 67.2. The third kappa shape index (κ3) is 8.01. The zero-order valence-corrected chi connectivity index (χ0v) is 23.7. The van der Waals surface area contributed by atoms with Crippen molar-refractivity contribution in [2.75, 3.05) is 26.7 Å². The summed E-state index contributed by atoms with van der Waals surface area (Å²) in [6.07, 6.45) is 0.533. The number of benzene rings is 2. The van der Waals surface area contributed by atoms with Crippen LogP contribution in [0.25, 0.3) is 0 Å². The first-order valence-electron chi connectivity index (χ1n) is 14.3. The second-order valence-corrected chi connectivity index (χ2v) is 10.7. The van der Waals surface area contributed by atoms with Crippen LogP contribution in [0.2, 0.25) is 0 Å². The molecule has 3 N–H and O–H groups in total. The van der Waals surface area contributed by atoms with Crippen molar-refractivity contribution in [3.05, 3.63) is 71.8 Å². The van der Waals surface area contributed by atoms with Gasteiger partial charge in [0.2, 0.25) is 11.8 Å². The summed E-state index contributed by atoms with van der Waals surface area (Å²) in [7, 11) is 1.20. The van der Waals surface area contributed by atoms with E-state index in [1.54, 1.807) is 4.90 Å². The molecule has 4 atom stereocenters. The van der Waals surface area contributed by atoms with E-state index < -0.39 is 48.0 Å². The number of piperidine rings is 1. The molecule has 0 unspecified atom stereocenters. The van der Waals surface area contributed by atoms with Crippen LogP contribution in [-0.4, -0.2) is 95.5 Å². The van der Waals surface area contributed by atoms with E-state index in [-0.39, 0.29) is 38.1 Å². The predicted molar refractivity (Wildman–Crippen MR) is 153 cm³/mol. The minimum atomic E-state index is -1.50. The Morgan fingerprint density at radius 1 is 0.929 bits per heavy atom. The Kier molecular flexibility index (Phi) is 10.8. The molecule has 2 saturated heterocycles. The fourth-order valence-corrected chi connectivity index (χ4v) is 5.56. The van der Waals surface area contributed by atoms with E-state index >= 15 is 0 Å². The number of hydrogen-bond donors (Lipinski definition) is 3. The number of aliphatic hydroxyl groups excluding tert-OH is 1. The van der Waals surface area contributed by atoms with E-state index in [0.29, 0.717) is 25.8 Å². The van der Waals surface area contributed by atoms with Gasteiger partial charge in [-0.25, -0.2) is 9.59 Å².